The number of urea groups is 1. The Balaban J connectivity index is 1.90. The van der Waals surface area contributed by atoms with Crippen molar-refractivity contribution in [3.63, 3.8) is 0 Å². The van der Waals surface area contributed by atoms with Gasteiger partial charge in [-0.15, -0.1) is 0 Å². The third-order valence-electron chi connectivity index (χ3n) is 5.00. The lowest BCUT2D eigenvalue weighted by Gasteiger charge is -2.35. The summed E-state index contributed by atoms with van der Waals surface area (Å²) in [4.78, 5) is 28.8. The van der Waals surface area contributed by atoms with Gasteiger partial charge < -0.3 is 20.9 Å². The lowest BCUT2D eigenvalue weighted by molar-refractivity contribution is -0.137. The van der Waals surface area contributed by atoms with Gasteiger partial charge in [0.1, 0.15) is 0 Å². The van der Waals surface area contributed by atoms with E-state index in [1.54, 1.807) is 4.90 Å². The highest BCUT2D eigenvalue weighted by Gasteiger charge is 2.37. The molecule has 0 radical (unpaired) electrons. The molecule has 2 heterocycles. The summed E-state index contributed by atoms with van der Waals surface area (Å²) in [5, 5.41) is 2.95. The smallest absolute Gasteiger partial charge is 0.317 e. The van der Waals surface area contributed by atoms with Crippen LogP contribution in [0.15, 0.2) is 0 Å². The molecule has 2 saturated heterocycles. The number of piperidine rings is 1. The highest BCUT2D eigenvalue weighted by Crippen LogP contribution is 2.27. The van der Waals surface area contributed by atoms with Gasteiger partial charge in [-0.05, 0) is 44.6 Å². The van der Waals surface area contributed by atoms with E-state index >= 15 is 0 Å². The van der Waals surface area contributed by atoms with Gasteiger partial charge >= 0.3 is 6.03 Å². The second-order valence-corrected chi connectivity index (χ2v) is 7.54. The molecule has 0 aliphatic carbocycles. The van der Waals surface area contributed by atoms with E-state index in [9.17, 15) is 9.59 Å². The van der Waals surface area contributed by atoms with Gasteiger partial charge in [0.25, 0.3) is 0 Å². The summed E-state index contributed by atoms with van der Waals surface area (Å²) in [6, 6.07) is 0.228. The van der Waals surface area contributed by atoms with Gasteiger partial charge in [0, 0.05) is 32.2 Å². The molecule has 2 aliphatic heterocycles. The predicted octanol–water partition coefficient (Wildman–Crippen LogP) is 1.26. The van der Waals surface area contributed by atoms with E-state index in [0.717, 1.165) is 32.4 Å². The molecule has 0 aromatic carbocycles. The fraction of sp³-hybridized carbons (Fsp3) is 0.882. The zero-order valence-electron chi connectivity index (χ0n) is 14.8. The molecule has 0 saturated carbocycles. The Hall–Kier alpha value is -1.30. The van der Waals surface area contributed by atoms with Crippen LogP contribution in [0, 0.1) is 17.8 Å². The average molecular weight is 324 g/mol. The Labute approximate surface area is 139 Å². The number of nitrogens with two attached hydrogens (primary N) is 1. The summed E-state index contributed by atoms with van der Waals surface area (Å²) in [5.41, 5.74) is 5.76. The minimum atomic E-state index is -0.0625. The predicted molar refractivity (Wildman–Crippen MR) is 90.9 cm³/mol. The van der Waals surface area contributed by atoms with Crippen LogP contribution in [0.5, 0.6) is 0 Å². The fourth-order valence-electron chi connectivity index (χ4n) is 3.62. The minimum absolute atomic E-state index is 0.0366. The van der Waals surface area contributed by atoms with Crippen molar-refractivity contribution in [2.75, 3.05) is 32.7 Å². The first-order chi connectivity index (χ1) is 10.9. The quantitative estimate of drug-likeness (QED) is 0.817. The maximum Gasteiger partial charge on any atom is 0.317 e. The van der Waals surface area contributed by atoms with Crippen molar-refractivity contribution >= 4 is 11.9 Å². The summed E-state index contributed by atoms with van der Waals surface area (Å²) >= 11 is 0. The monoisotopic (exact) mass is 324 g/mol. The maximum absolute atomic E-state index is 12.8. The van der Waals surface area contributed by atoms with Crippen molar-refractivity contribution in [2.45, 2.75) is 46.1 Å². The van der Waals surface area contributed by atoms with Crippen molar-refractivity contribution < 1.29 is 9.59 Å². The van der Waals surface area contributed by atoms with E-state index < -0.39 is 0 Å². The Morgan fingerprint density at radius 3 is 2.65 bits per heavy atom. The topological polar surface area (TPSA) is 78.7 Å². The van der Waals surface area contributed by atoms with Crippen LogP contribution < -0.4 is 11.1 Å². The minimum Gasteiger partial charge on any atom is -0.339 e. The molecule has 23 heavy (non-hydrogen) atoms. The molecule has 3 N–H and O–H groups in total. The number of rotatable bonds is 4. The van der Waals surface area contributed by atoms with E-state index in [1.165, 1.54) is 0 Å². The van der Waals surface area contributed by atoms with E-state index in [0.29, 0.717) is 31.5 Å². The highest BCUT2D eigenvalue weighted by molar-refractivity contribution is 5.81. The number of carbonyl (C=O) groups excluding carboxylic acids is 2. The lowest BCUT2D eigenvalue weighted by atomic mass is 9.96. The Morgan fingerprint density at radius 1 is 1.30 bits per heavy atom. The van der Waals surface area contributed by atoms with Crippen LogP contribution in [-0.2, 0) is 4.79 Å². The number of hydrogen-bond donors (Lipinski definition) is 2. The molecular weight excluding hydrogens is 292 g/mol. The number of amides is 3. The first kappa shape index (κ1) is 18.0. The first-order valence-corrected chi connectivity index (χ1v) is 8.95. The summed E-state index contributed by atoms with van der Waals surface area (Å²) < 4.78 is 0. The molecule has 3 unspecified atom stereocenters. The van der Waals surface area contributed by atoms with Crippen LogP contribution in [0.25, 0.3) is 0 Å². The van der Waals surface area contributed by atoms with Crippen LogP contribution in [0.2, 0.25) is 0 Å². The summed E-state index contributed by atoms with van der Waals surface area (Å²) in [6.45, 7) is 9.62. The van der Waals surface area contributed by atoms with Gasteiger partial charge in [-0.25, -0.2) is 4.79 Å². The van der Waals surface area contributed by atoms with E-state index in [1.807, 2.05) is 4.90 Å². The number of carbonyl (C=O) groups is 2. The molecule has 2 fully saturated rings. The van der Waals surface area contributed by atoms with Crippen LogP contribution in [-0.4, -0.2) is 60.5 Å². The summed E-state index contributed by atoms with van der Waals surface area (Å²) in [5.74, 6) is 0.991. The molecule has 6 heteroatoms. The molecule has 2 aliphatic rings. The van der Waals surface area contributed by atoms with E-state index in [2.05, 4.69) is 26.1 Å². The fourth-order valence-corrected chi connectivity index (χ4v) is 3.62. The second-order valence-electron chi connectivity index (χ2n) is 7.54. The first-order valence-electron chi connectivity index (χ1n) is 8.95. The molecule has 0 aromatic rings. The molecule has 0 bridgehead atoms. The van der Waals surface area contributed by atoms with Crippen molar-refractivity contribution in [1.29, 1.82) is 0 Å². The zero-order chi connectivity index (χ0) is 17.0. The van der Waals surface area contributed by atoms with Crippen molar-refractivity contribution in [2.24, 2.45) is 23.5 Å². The van der Waals surface area contributed by atoms with Crippen molar-refractivity contribution in [3.05, 3.63) is 0 Å². The summed E-state index contributed by atoms with van der Waals surface area (Å²) in [7, 11) is 0. The Morgan fingerprint density at radius 2 is 2.04 bits per heavy atom. The SMILES string of the molecule is CC(C)CNC(=O)N1CCCC(C(=O)N2CC(CN)CC2C)C1. The van der Waals surface area contributed by atoms with Gasteiger partial charge in [0.05, 0.1) is 5.92 Å². The largest absolute Gasteiger partial charge is 0.339 e. The Bertz CT molecular complexity index is 427. The maximum atomic E-state index is 12.8. The van der Waals surface area contributed by atoms with Gasteiger partial charge in [-0.2, -0.15) is 0 Å². The number of likely N-dealkylation sites (tertiary alicyclic amines) is 2. The second kappa shape index (κ2) is 7.99. The molecule has 0 spiro atoms. The van der Waals surface area contributed by atoms with Crippen LogP contribution in [0.4, 0.5) is 4.79 Å². The highest BCUT2D eigenvalue weighted by atomic mass is 16.2. The number of hydrogen-bond acceptors (Lipinski definition) is 3. The molecule has 0 aromatic heterocycles. The Kier molecular flexibility index (Phi) is 6.27. The average Bonchev–Trinajstić information content (AvgIpc) is 2.93. The van der Waals surface area contributed by atoms with E-state index in [-0.39, 0.29) is 23.9 Å². The van der Waals surface area contributed by atoms with Crippen molar-refractivity contribution in [3.8, 4) is 0 Å². The third-order valence-corrected chi connectivity index (χ3v) is 5.00. The third kappa shape index (κ3) is 4.59. The van der Waals surface area contributed by atoms with Gasteiger partial charge in [-0.1, -0.05) is 13.8 Å². The molecule has 2 rings (SSSR count). The normalized spacial score (nSPS) is 28.3. The molecule has 6 nitrogen and oxygen atoms in total. The number of nitrogens with zero attached hydrogens (tertiary/aromatic N) is 2. The molecule has 3 amide bonds. The molecule has 132 valence electrons. The van der Waals surface area contributed by atoms with Gasteiger partial charge in [0.15, 0.2) is 0 Å². The van der Waals surface area contributed by atoms with Crippen LogP contribution in [0.1, 0.15) is 40.0 Å². The summed E-state index contributed by atoms with van der Waals surface area (Å²) in [6.07, 6.45) is 2.77. The van der Waals surface area contributed by atoms with Crippen LogP contribution in [0.3, 0.4) is 0 Å². The lowest BCUT2D eigenvalue weighted by Crippen LogP contribution is -2.50. The molecular formula is C17H32N4O2. The standard InChI is InChI=1S/C17H32N4O2/c1-12(2)9-19-17(23)20-6-4-5-15(11-20)16(22)21-10-14(8-18)7-13(21)3/h12-15H,4-11,18H2,1-3H3,(H,19,23). The van der Waals surface area contributed by atoms with Gasteiger partial charge in [-0.3, -0.25) is 4.79 Å². The zero-order valence-corrected chi connectivity index (χ0v) is 14.8. The van der Waals surface area contributed by atoms with E-state index in [4.69, 9.17) is 5.73 Å². The van der Waals surface area contributed by atoms with Gasteiger partial charge in [0.2, 0.25) is 5.91 Å². The van der Waals surface area contributed by atoms with Crippen LogP contribution >= 0.6 is 0 Å². The number of nitrogens with one attached hydrogen (secondary N) is 1. The van der Waals surface area contributed by atoms with Crippen molar-refractivity contribution in [1.82, 2.24) is 15.1 Å². The molecule has 3 atom stereocenters.